The minimum atomic E-state index is 0.114. The van der Waals surface area contributed by atoms with Gasteiger partial charge in [0.1, 0.15) is 0 Å². The molecule has 0 unspecified atom stereocenters. The molecule has 0 amide bonds. The van der Waals surface area contributed by atoms with Crippen molar-refractivity contribution in [2.24, 2.45) is 0 Å². The maximum atomic E-state index is 2.48. The first-order valence-electron chi connectivity index (χ1n) is 13.3. The first kappa shape index (κ1) is 23.6. The van der Waals surface area contributed by atoms with Gasteiger partial charge >= 0.3 is 0 Å². The molecule has 37 heavy (non-hydrogen) atoms. The molecule has 4 aromatic carbocycles. The molecule has 0 saturated heterocycles. The number of nitrogens with zero attached hydrogens (tertiary/aromatic N) is 1. The van der Waals surface area contributed by atoms with Gasteiger partial charge in [-0.2, -0.15) is 0 Å². The topological polar surface area (TPSA) is 4.41 Å². The predicted molar refractivity (Wildman–Crippen MR) is 161 cm³/mol. The van der Waals surface area contributed by atoms with Crippen molar-refractivity contribution in [2.75, 3.05) is 0 Å². The van der Waals surface area contributed by atoms with E-state index in [0.29, 0.717) is 0 Å². The van der Waals surface area contributed by atoms with Crippen LogP contribution < -0.4 is 0 Å². The number of hydrogen-bond acceptors (Lipinski definition) is 0. The molecule has 1 nitrogen and oxygen atoms in total. The van der Waals surface area contributed by atoms with Crippen molar-refractivity contribution in [2.45, 2.75) is 52.4 Å². The Balaban J connectivity index is 1.76. The zero-order chi connectivity index (χ0) is 25.9. The Morgan fingerprint density at radius 1 is 0.486 bits per heavy atom. The summed E-state index contributed by atoms with van der Waals surface area (Å²) in [5, 5.41) is 3.83. The van der Waals surface area contributed by atoms with E-state index in [2.05, 4.69) is 149 Å². The Morgan fingerprint density at radius 2 is 1.00 bits per heavy atom. The van der Waals surface area contributed by atoms with Gasteiger partial charge < -0.3 is 4.40 Å². The van der Waals surface area contributed by atoms with Crippen molar-refractivity contribution >= 4 is 27.2 Å². The highest BCUT2D eigenvalue weighted by Crippen LogP contribution is 2.43. The molecule has 2 heterocycles. The summed E-state index contributed by atoms with van der Waals surface area (Å²) in [6.07, 6.45) is 0. The maximum Gasteiger partial charge on any atom is 0.0619 e. The third-order valence-corrected chi connectivity index (χ3v) is 7.71. The van der Waals surface area contributed by atoms with Gasteiger partial charge in [0, 0.05) is 16.3 Å². The highest BCUT2D eigenvalue weighted by molar-refractivity contribution is 6.12. The summed E-state index contributed by atoms with van der Waals surface area (Å²) in [7, 11) is 0. The van der Waals surface area contributed by atoms with Crippen LogP contribution in [0.5, 0.6) is 0 Å². The van der Waals surface area contributed by atoms with E-state index < -0.39 is 0 Å². The number of fused-ring (bicyclic) bond motifs is 5. The summed E-state index contributed by atoms with van der Waals surface area (Å²) in [5.74, 6) is 0. The van der Waals surface area contributed by atoms with E-state index in [1.807, 2.05) is 0 Å². The lowest BCUT2D eigenvalue weighted by atomic mass is 9.84. The minimum Gasteiger partial charge on any atom is -0.308 e. The van der Waals surface area contributed by atoms with Crippen LogP contribution in [0.3, 0.4) is 0 Å². The lowest BCUT2D eigenvalue weighted by Crippen LogP contribution is -2.11. The van der Waals surface area contributed by atoms with Crippen molar-refractivity contribution in [1.29, 1.82) is 0 Å². The number of rotatable bonds is 2. The predicted octanol–water partition coefficient (Wildman–Crippen LogP) is 10.2. The molecule has 0 aliphatic carbocycles. The average molecular weight is 482 g/mol. The Bertz CT molecular complexity index is 1750. The second kappa shape index (κ2) is 8.35. The van der Waals surface area contributed by atoms with Crippen LogP contribution in [-0.2, 0) is 10.8 Å². The van der Waals surface area contributed by atoms with E-state index in [0.717, 1.165) is 0 Å². The SMILES string of the molecule is CC(C)(C)c1ccc(-c2c(-c3ccc(C(C)(C)C)cc3)n3c4ccccc4cc3c3ccccc23)cc1. The van der Waals surface area contributed by atoms with E-state index in [9.17, 15) is 0 Å². The number of para-hydroxylation sites is 1. The molecule has 0 N–H and O–H groups in total. The third kappa shape index (κ3) is 3.94. The number of pyridine rings is 1. The highest BCUT2D eigenvalue weighted by atomic mass is 14.9. The molecular formula is C36H35N. The standard InChI is InChI=1S/C36H35N/c1-35(2,3)27-19-15-24(16-20-27)33-30-13-9-8-12-29(30)32-23-26-11-7-10-14-31(26)37(32)34(33)25-17-21-28(22-18-25)36(4,5)6/h7-23H,1-6H3. The van der Waals surface area contributed by atoms with Gasteiger partial charge in [-0.3, -0.25) is 0 Å². The quantitative estimate of drug-likeness (QED) is 0.232. The first-order chi connectivity index (χ1) is 17.6. The molecule has 0 aliphatic heterocycles. The van der Waals surface area contributed by atoms with Crippen molar-refractivity contribution in [1.82, 2.24) is 4.40 Å². The van der Waals surface area contributed by atoms with Gasteiger partial charge in [0.15, 0.2) is 0 Å². The first-order valence-corrected chi connectivity index (χ1v) is 13.3. The molecule has 2 aromatic heterocycles. The Morgan fingerprint density at radius 3 is 1.59 bits per heavy atom. The molecule has 0 bridgehead atoms. The normalized spacial score (nSPS) is 12.6. The summed E-state index contributed by atoms with van der Waals surface area (Å²) in [5.41, 5.74) is 10.4. The van der Waals surface area contributed by atoms with Crippen molar-refractivity contribution in [3.63, 3.8) is 0 Å². The average Bonchev–Trinajstić information content (AvgIpc) is 3.27. The van der Waals surface area contributed by atoms with Crippen LogP contribution in [0.2, 0.25) is 0 Å². The largest absolute Gasteiger partial charge is 0.308 e. The Labute approximate surface area is 220 Å². The van der Waals surface area contributed by atoms with Gasteiger partial charge in [-0.25, -0.2) is 0 Å². The Hall–Kier alpha value is -3.84. The summed E-state index contributed by atoms with van der Waals surface area (Å²) in [6, 6.07) is 38.4. The lowest BCUT2D eigenvalue weighted by Gasteiger charge is -2.22. The van der Waals surface area contributed by atoms with Crippen molar-refractivity contribution < 1.29 is 0 Å². The molecular weight excluding hydrogens is 446 g/mol. The number of benzene rings is 4. The fourth-order valence-corrected chi connectivity index (χ4v) is 5.59. The molecule has 6 aromatic rings. The molecule has 0 spiro atoms. The smallest absolute Gasteiger partial charge is 0.0619 e. The summed E-state index contributed by atoms with van der Waals surface area (Å²) in [4.78, 5) is 0. The fourth-order valence-electron chi connectivity index (χ4n) is 5.59. The summed E-state index contributed by atoms with van der Waals surface area (Å²) >= 11 is 0. The number of aromatic nitrogens is 1. The highest BCUT2D eigenvalue weighted by Gasteiger charge is 2.21. The second-order valence-electron chi connectivity index (χ2n) is 12.3. The van der Waals surface area contributed by atoms with Gasteiger partial charge in [0.25, 0.3) is 0 Å². The zero-order valence-electron chi connectivity index (χ0n) is 22.8. The van der Waals surface area contributed by atoms with E-state index in [-0.39, 0.29) is 10.8 Å². The zero-order valence-corrected chi connectivity index (χ0v) is 22.8. The van der Waals surface area contributed by atoms with E-state index in [4.69, 9.17) is 0 Å². The fraction of sp³-hybridized carbons (Fsp3) is 0.222. The lowest BCUT2D eigenvalue weighted by molar-refractivity contribution is 0.590. The minimum absolute atomic E-state index is 0.114. The van der Waals surface area contributed by atoms with Crippen LogP contribution in [0.1, 0.15) is 52.7 Å². The van der Waals surface area contributed by atoms with Gasteiger partial charge in [-0.05, 0) is 50.6 Å². The van der Waals surface area contributed by atoms with Crippen molar-refractivity contribution in [3.05, 3.63) is 114 Å². The monoisotopic (exact) mass is 481 g/mol. The molecule has 6 rings (SSSR count). The van der Waals surface area contributed by atoms with E-state index in [1.165, 1.54) is 60.7 Å². The van der Waals surface area contributed by atoms with E-state index in [1.54, 1.807) is 0 Å². The maximum absolute atomic E-state index is 2.48. The molecule has 0 atom stereocenters. The van der Waals surface area contributed by atoms with Crippen LogP contribution in [-0.4, -0.2) is 4.40 Å². The summed E-state index contributed by atoms with van der Waals surface area (Å²) in [6.45, 7) is 13.7. The van der Waals surface area contributed by atoms with Gasteiger partial charge in [-0.1, -0.05) is 133 Å². The molecule has 0 saturated carbocycles. The van der Waals surface area contributed by atoms with Gasteiger partial charge in [0.05, 0.1) is 16.7 Å². The number of hydrogen-bond donors (Lipinski definition) is 0. The van der Waals surface area contributed by atoms with Crippen LogP contribution in [0.4, 0.5) is 0 Å². The van der Waals surface area contributed by atoms with Crippen LogP contribution >= 0.6 is 0 Å². The van der Waals surface area contributed by atoms with Gasteiger partial charge in [0.2, 0.25) is 0 Å². The molecule has 0 fully saturated rings. The summed E-state index contributed by atoms with van der Waals surface area (Å²) < 4.78 is 2.48. The molecule has 0 radical (unpaired) electrons. The third-order valence-electron chi connectivity index (χ3n) is 7.71. The molecule has 184 valence electrons. The molecule has 1 heteroatoms. The van der Waals surface area contributed by atoms with Crippen LogP contribution in [0.15, 0.2) is 103 Å². The van der Waals surface area contributed by atoms with E-state index >= 15 is 0 Å². The second-order valence-corrected chi connectivity index (χ2v) is 12.3. The van der Waals surface area contributed by atoms with Crippen LogP contribution in [0.25, 0.3) is 49.6 Å². The van der Waals surface area contributed by atoms with Crippen LogP contribution in [0, 0.1) is 0 Å². The Kier molecular flexibility index (Phi) is 5.31. The molecule has 0 aliphatic rings. The van der Waals surface area contributed by atoms with Gasteiger partial charge in [-0.15, -0.1) is 0 Å². The van der Waals surface area contributed by atoms with Crippen molar-refractivity contribution in [3.8, 4) is 22.4 Å².